The van der Waals surface area contributed by atoms with E-state index >= 15 is 0 Å². The molecule has 0 spiro atoms. The van der Waals surface area contributed by atoms with Crippen LogP contribution in [0.2, 0.25) is 0 Å². The minimum Gasteiger partial charge on any atom is -0.494 e. The van der Waals surface area contributed by atoms with Crippen molar-refractivity contribution in [2.75, 3.05) is 32.8 Å². The quantitative estimate of drug-likeness (QED) is 0.829. The van der Waals surface area contributed by atoms with Crippen molar-refractivity contribution in [3.63, 3.8) is 0 Å². The van der Waals surface area contributed by atoms with Crippen LogP contribution in [-0.2, 0) is 14.8 Å². The number of rotatable bonds is 4. The zero-order valence-corrected chi connectivity index (χ0v) is 15.6. The fourth-order valence-corrected chi connectivity index (χ4v) is 4.05. The first-order valence-electron chi connectivity index (χ1n) is 8.18. The maximum Gasteiger partial charge on any atom is 0.243 e. The molecule has 0 bridgehead atoms. The summed E-state index contributed by atoms with van der Waals surface area (Å²) in [5, 5.41) is 0. The highest BCUT2D eigenvalue weighted by atomic mass is 32.2. The monoisotopic (exact) mass is 354 g/mol. The van der Waals surface area contributed by atoms with Crippen molar-refractivity contribution in [2.24, 2.45) is 5.41 Å². The Morgan fingerprint density at radius 1 is 1.08 bits per heavy atom. The molecule has 24 heavy (non-hydrogen) atoms. The summed E-state index contributed by atoms with van der Waals surface area (Å²) in [7, 11) is -3.54. The topological polar surface area (TPSA) is 66.9 Å². The number of sulfonamides is 1. The number of hydrogen-bond donors (Lipinski definition) is 0. The van der Waals surface area contributed by atoms with E-state index in [-0.39, 0.29) is 10.8 Å². The highest BCUT2D eigenvalue weighted by Crippen LogP contribution is 2.23. The van der Waals surface area contributed by atoms with Gasteiger partial charge in [0.25, 0.3) is 0 Å². The molecule has 1 fully saturated rings. The van der Waals surface area contributed by atoms with Gasteiger partial charge in [0.15, 0.2) is 0 Å². The normalized spacial score (nSPS) is 16.9. The molecular weight excluding hydrogens is 328 g/mol. The summed E-state index contributed by atoms with van der Waals surface area (Å²) in [6.45, 7) is 9.52. The molecule has 0 atom stereocenters. The first kappa shape index (κ1) is 18.7. The lowest BCUT2D eigenvalue weighted by molar-refractivity contribution is -0.140. The second-order valence-corrected chi connectivity index (χ2v) is 8.79. The summed E-state index contributed by atoms with van der Waals surface area (Å²) in [6.07, 6.45) is 0. The summed E-state index contributed by atoms with van der Waals surface area (Å²) in [6, 6.07) is 6.45. The van der Waals surface area contributed by atoms with E-state index in [1.54, 1.807) is 29.2 Å². The third kappa shape index (κ3) is 4.08. The van der Waals surface area contributed by atoms with Crippen molar-refractivity contribution in [1.29, 1.82) is 0 Å². The van der Waals surface area contributed by atoms with Crippen LogP contribution in [0.25, 0.3) is 0 Å². The van der Waals surface area contributed by atoms with Gasteiger partial charge in [-0.1, -0.05) is 20.8 Å². The summed E-state index contributed by atoms with van der Waals surface area (Å²) in [5.41, 5.74) is -0.448. The molecule has 0 aromatic heterocycles. The second kappa shape index (κ2) is 7.11. The van der Waals surface area contributed by atoms with Crippen LogP contribution in [0.3, 0.4) is 0 Å². The molecule has 1 aromatic carbocycles. The van der Waals surface area contributed by atoms with Gasteiger partial charge in [-0.3, -0.25) is 4.79 Å². The molecule has 2 rings (SSSR count). The summed E-state index contributed by atoms with van der Waals surface area (Å²) < 4.78 is 32.2. The molecule has 0 saturated carbocycles. The van der Waals surface area contributed by atoms with Crippen LogP contribution in [0.5, 0.6) is 5.75 Å². The molecular formula is C17H26N2O4S. The van der Waals surface area contributed by atoms with Crippen LogP contribution in [0.15, 0.2) is 29.2 Å². The number of carbonyl (C=O) groups is 1. The third-order valence-corrected chi connectivity index (χ3v) is 5.85. The molecule has 0 radical (unpaired) electrons. The highest BCUT2D eigenvalue weighted by Gasteiger charge is 2.33. The zero-order chi connectivity index (χ0) is 18.0. The Bertz CT molecular complexity index is 670. The molecule has 6 nitrogen and oxygen atoms in total. The van der Waals surface area contributed by atoms with Crippen molar-refractivity contribution in [3.8, 4) is 5.75 Å². The SMILES string of the molecule is CCOc1ccc(S(=O)(=O)N2CCN(C(=O)C(C)(C)C)CC2)cc1. The van der Waals surface area contributed by atoms with Gasteiger partial charge in [-0.25, -0.2) is 8.42 Å². The van der Waals surface area contributed by atoms with E-state index in [1.807, 2.05) is 27.7 Å². The lowest BCUT2D eigenvalue weighted by Crippen LogP contribution is -2.52. The van der Waals surface area contributed by atoms with Crippen molar-refractivity contribution in [3.05, 3.63) is 24.3 Å². The predicted molar refractivity (Wildman–Crippen MR) is 92.4 cm³/mol. The van der Waals surface area contributed by atoms with E-state index in [2.05, 4.69) is 0 Å². The van der Waals surface area contributed by atoms with Gasteiger partial charge < -0.3 is 9.64 Å². The second-order valence-electron chi connectivity index (χ2n) is 6.85. The smallest absolute Gasteiger partial charge is 0.243 e. The van der Waals surface area contributed by atoms with E-state index in [0.717, 1.165) is 0 Å². The third-order valence-electron chi connectivity index (χ3n) is 3.94. The Balaban J connectivity index is 2.06. The van der Waals surface area contributed by atoms with Gasteiger partial charge in [-0.15, -0.1) is 0 Å². The number of carbonyl (C=O) groups excluding carboxylic acids is 1. The minimum absolute atomic E-state index is 0.0561. The highest BCUT2D eigenvalue weighted by molar-refractivity contribution is 7.89. The van der Waals surface area contributed by atoms with Crippen molar-refractivity contribution >= 4 is 15.9 Å². The number of piperazine rings is 1. The number of nitrogens with zero attached hydrogens (tertiary/aromatic N) is 2. The molecule has 1 amide bonds. The van der Waals surface area contributed by atoms with Gasteiger partial charge in [-0.05, 0) is 31.2 Å². The zero-order valence-electron chi connectivity index (χ0n) is 14.8. The van der Waals surface area contributed by atoms with Crippen LogP contribution < -0.4 is 4.74 Å². The summed E-state index contributed by atoms with van der Waals surface area (Å²) in [5.74, 6) is 0.706. The van der Waals surface area contributed by atoms with Gasteiger partial charge in [0.05, 0.1) is 11.5 Å². The summed E-state index contributed by atoms with van der Waals surface area (Å²) in [4.78, 5) is 14.3. The summed E-state index contributed by atoms with van der Waals surface area (Å²) >= 11 is 0. The average molecular weight is 354 g/mol. The van der Waals surface area contributed by atoms with Crippen LogP contribution in [-0.4, -0.2) is 56.3 Å². The standard InChI is InChI=1S/C17H26N2O4S/c1-5-23-14-6-8-15(9-7-14)24(21,22)19-12-10-18(11-13-19)16(20)17(2,3)4/h6-9H,5,10-13H2,1-4H3. The largest absolute Gasteiger partial charge is 0.494 e. The predicted octanol–water partition coefficient (Wildman–Crippen LogP) is 1.96. The maximum absolute atomic E-state index is 12.7. The van der Waals surface area contributed by atoms with E-state index < -0.39 is 15.4 Å². The van der Waals surface area contributed by atoms with Crippen LogP contribution in [0.4, 0.5) is 0 Å². The Kier molecular flexibility index (Phi) is 5.55. The average Bonchev–Trinajstić information content (AvgIpc) is 2.54. The molecule has 1 aliphatic rings. The fourth-order valence-electron chi connectivity index (χ4n) is 2.63. The maximum atomic E-state index is 12.7. The Labute approximate surface area is 144 Å². The van der Waals surface area contributed by atoms with E-state index in [4.69, 9.17) is 4.74 Å². The van der Waals surface area contributed by atoms with E-state index in [0.29, 0.717) is 38.5 Å². The van der Waals surface area contributed by atoms with Gasteiger partial charge in [-0.2, -0.15) is 4.31 Å². The Morgan fingerprint density at radius 3 is 2.08 bits per heavy atom. The van der Waals surface area contributed by atoms with Crippen molar-refractivity contribution < 1.29 is 17.9 Å². The van der Waals surface area contributed by atoms with Crippen LogP contribution in [0.1, 0.15) is 27.7 Å². The molecule has 7 heteroatoms. The molecule has 1 aliphatic heterocycles. The number of amides is 1. The molecule has 1 aromatic rings. The molecule has 0 aliphatic carbocycles. The Morgan fingerprint density at radius 2 is 1.62 bits per heavy atom. The van der Waals surface area contributed by atoms with Crippen molar-refractivity contribution in [1.82, 2.24) is 9.21 Å². The lowest BCUT2D eigenvalue weighted by Gasteiger charge is -2.37. The molecule has 134 valence electrons. The molecule has 1 saturated heterocycles. The van der Waals surface area contributed by atoms with Gasteiger partial charge in [0.2, 0.25) is 15.9 Å². The number of hydrogen-bond acceptors (Lipinski definition) is 4. The molecule has 0 N–H and O–H groups in total. The number of ether oxygens (including phenoxy) is 1. The van der Waals surface area contributed by atoms with E-state index in [1.165, 1.54) is 4.31 Å². The molecule has 0 unspecified atom stereocenters. The van der Waals surface area contributed by atoms with Gasteiger partial charge in [0.1, 0.15) is 5.75 Å². The van der Waals surface area contributed by atoms with Gasteiger partial charge in [0, 0.05) is 31.6 Å². The van der Waals surface area contributed by atoms with E-state index in [9.17, 15) is 13.2 Å². The number of benzene rings is 1. The van der Waals surface area contributed by atoms with Crippen LogP contribution >= 0.6 is 0 Å². The first-order chi connectivity index (χ1) is 11.2. The van der Waals surface area contributed by atoms with Crippen LogP contribution in [0, 0.1) is 5.41 Å². The molecule has 1 heterocycles. The van der Waals surface area contributed by atoms with Crippen molar-refractivity contribution in [2.45, 2.75) is 32.6 Å². The first-order valence-corrected chi connectivity index (χ1v) is 9.62. The lowest BCUT2D eigenvalue weighted by atomic mass is 9.94. The van der Waals surface area contributed by atoms with Gasteiger partial charge >= 0.3 is 0 Å². The Hall–Kier alpha value is -1.60. The fraction of sp³-hybridized carbons (Fsp3) is 0.588. The minimum atomic E-state index is -3.54.